The van der Waals surface area contributed by atoms with Crippen LogP contribution >= 0.6 is 11.8 Å². The summed E-state index contributed by atoms with van der Waals surface area (Å²) in [5, 5.41) is 0. The number of aromatic nitrogens is 2. The van der Waals surface area contributed by atoms with E-state index in [4.69, 9.17) is 4.74 Å². The zero-order chi connectivity index (χ0) is 16.6. The number of pyridine rings is 2. The Labute approximate surface area is 145 Å². The minimum Gasteiger partial charge on any atom is -0.473 e. The number of ether oxygens (including phenoxy) is 1. The van der Waals surface area contributed by atoms with E-state index >= 15 is 0 Å². The third kappa shape index (κ3) is 2.89. The predicted octanol–water partition coefficient (Wildman–Crippen LogP) is 1.80. The molecule has 2 aromatic rings. The SMILES string of the molecule is O=S(=O)(c1cccnc1)N1CC2(CC(Oc3ccccn3)CS2)C1. The smallest absolute Gasteiger partial charge is 0.244 e. The van der Waals surface area contributed by atoms with Crippen molar-refractivity contribution in [1.82, 2.24) is 14.3 Å². The Balaban J connectivity index is 1.39. The van der Waals surface area contributed by atoms with Gasteiger partial charge in [0.15, 0.2) is 0 Å². The van der Waals surface area contributed by atoms with E-state index in [1.54, 1.807) is 36.3 Å². The van der Waals surface area contributed by atoms with Crippen LogP contribution in [0.2, 0.25) is 0 Å². The van der Waals surface area contributed by atoms with Crippen molar-refractivity contribution in [2.24, 2.45) is 0 Å². The van der Waals surface area contributed by atoms with Gasteiger partial charge in [0, 0.05) is 54.7 Å². The van der Waals surface area contributed by atoms with E-state index in [0.29, 0.717) is 19.0 Å². The Bertz CT molecular complexity index is 809. The molecule has 6 nitrogen and oxygen atoms in total. The average molecular weight is 363 g/mol. The lowest BCUT2D eigenvalue weighted by atomic mass is 9.95. The highest BCUT2D eigenvalue weighted by molar-refractivity contribution is 8.01. The Morgan fingerprint density at radius 2 is 2.08 bits per heavy atom. The van der Waals surface area contributed by atoms with Crippen LogP contribution in [0.5, 0.6) is 5.88 Å². The van der Waals surface area contributed by atoms with Gasteiger partial charge >= 0.3 is 0 Å². The standard InChI is InChI=1S/C16H17N3O3S2/c20-24(21,14-4-3-6-17-9-14)19-11-16(12-19)8-13(10-23-16)22-15-5-1-2-7-18-15/h1-7,9,13H,8,10-12H2. The lowest BCUT2D eigenvalue weighted by molar-refractivity contribution is 0.155. The molecule has 0 aliphatic carbocycles. The van der Waals surface area contributed by atoms with Crippen molar-refractivity contribution in [2.45, 2.75) is 22.2 Å². The molecule has 2 aromatic heterocycles. The minimum atomic E-state index is -3.44. The molecule has 2 saturated heterocycles. The minimum absolute atomic E-state index is 0.0330. The van der Waals surface area contributed by atoms with Crippen molar-refractivity contribution in [3.05, 3.63) is 48.9 Å². The second-order valence-electron chi connectivity index (χ2n) is 6.07. The summed E-state index contributed by atoms with van der Waals surface area (Å²) in [5.74, 6) is 1.48. The van der Waals surface area contributed by atoms with Crippen LogP contribution in [0.1, 0.15) is 6.42 Å². The van der Waals surface area contributed by atoms with Crippen LogP contribution < -0.4 is 4.74 Å². The summed E-state index contributed by atoms with van der Waals surface area (Å²) < 4.78 is 32.5. The van der Waals surface area contributed by atoms with E-state index in [2.05, 4.69) is 9.97 Å². The number of sulfonamides is 1. The lowest BCUT2D eigenvalue weighted by Crippen LogP contribution is -2.60. The van der Waals surface area contributed by atoms with Crippen LogP contribution in [-0.2, 0) is 10.0 Å². The van der Waals surface area contributed by atoms with Crippen molar-refractivity contribution in [1.29, 1.82) is 0 Å². The lowest BCUT2D eigenvalue weighted by Gasteiger charge is -2.46. The first-order chi connectivity index (χ1) is 11.6. The summed E-state index contributed by atoms with van der Waals surface area (Å²) >= 11 is 1.80. The molecular formula is C16H17N3O3S2. The highest BCUT2D eigenvalue weighted by Crippen LogP contribution is 2.47. The second-order valence-corrected chi connectivity index (χ2v) is 9.49. The summed E-state index contributed by atoms with van der Waals surface area (Å²) in [6.45, 7) is 1.05. The van der Waals surface area contributed by atoms with Gasteiger partial charge in [0.05, 0.1) is 0 Å². The largest absolute Gasteiger partial charge is 0.473 e. The zero-order valence-corrected chi connectivity index (χ0v) is 14.5. The maximum absolute atomic E-state index is 12.6. The summed E-state index contributed by atoms with van der Waals surface area (Å²) in [5.41, 5.74) is 0. The van der Waals surface area contributed by atoms with Crippen LogP contribution in [0.25, 0.3) is 0 Å². The normalized spacial score (nSPS) is 23.1. The van der Waals surface area contributed by atoms with Gasteiger partial charge in [-0.25, -0.2) is 13.4 Å². The van der Waals surface area contributed by atoms with Gasteiger partial charge in [-0.2, -0.15) is 4.31 Å². The molecule has 0 aromatic carbocycles. The van der Waals surface area contributed by atoms with E-state index in [1.165, 1.54) is 10.5 Å². The maximum atomic E-state index is 12.6. The van der Waals surface area contributed by atoms with Gasteiger partial charge in [-0.1, -0.05) is 6.07 Å². The fourth-order valence-corrected chi connectivity index (χ4v) is 6.37. The van der Waals surface area contributed by atoms with E-state index in [9.17, 15) is 8.42 Å². The molecule has 2 fully saturated rings. The fraction of sp³-hybridized carbons (Fsp3) is 0.375. The van der Waals surface area contributed by atoms with Gasteiger partial charge in [-0.05, 0) is 18.2 Å². The van der Waals surface area contributed by atoms with Crippen LogP contribution in [0.3, 0.4) is 0 Å². The van der Waals surface area contributed by atoms with Crippen molar-refractivity contribution in [3.8, 4) is 5.88 Å². The molecule has 0 bridgehead atoms. The molecule has 4 rings (SSSR count). The van der Waals surface area contributed by atoms with Gasteiger partial charge < -0.3 is 4.74 Å². The Hall–Kier alpha value is -1.64. The van der Waals surface area contributed by atoms with Crippen LogP contribution in [-0.4, -0.2) is 52.4 Å². The Morgan fingerprint density at radius 1 is 1.21 bits per heavy atom. The molecule has 8 heteroatoms. The van der Waals surface area contributed by atoms with Gasteiger partial charge in [0.2, 0.25) is 15.9 Å². The Kier molecular flexibility index (Phi) is 3.98. The molecule has 2 aliphatic heterocycles. The molecule has 0 radical (unpaired) electrons. The van der Waals surface area contributed by atoms with Gasteiger partial charge in [-0.15, -0.1) is 11.8 Å². The second kappa shape index (κ2) is 6.02. The summed E-state index contributed by atoms with van der Waals surface area (Å²) in [6, 6.07) is 8.82. The molecular weight excluding hydrogens is 346 g/mol. The topological polar surface area (TPSA) is 72.4 Å². The Morgan fingerprint density at radius 3 is 2.79 bits per heavy atom. The average Bonchev–Trinajstić information content (AvgIpc) is 3.00. The van der Waals surface area contributed by atoms with Crippen LogP contribution in [0, 0.1) is 0 Å². The fourth-order valence-electron chi connectivity index (χ4n) is 3.10. The quantitative estimate of drug-likeness (QED) is 0.825. The molecule has 0 N–H and O–H groups in total. The van der Waals surface area contributed by atoms with E-state index in [-0.39, 0.29) is 15.7 Å². The number of nitrogens with zero attached hydrogens (tertiary/aromatic N) is 3. The highest BCUT2D eigenvalue weighted by Gasteiger charge is 2.53. The first-order valence-electron chi connectivity index (χ1n) is 7.69. The van der Waals surface area contributed by atoms with Crippen molar-refractivity contribution < 1.29 is 13.2 Å². The molecule has 0 saturated carbocycles. The molecule has 2 aliphatic rings. The molecule has 1 atom stereocenters. The number of thioether (sulfide) groups is 1. The summed E-state index contributed by atoms with van der Waals surface area (Å²) in [4.78, 5) is 8.34. The third-order valence-electron chi connectivity index (χ3n) is 4.30. The summed E-state index contributed by atoms with van der Waals surface area (Å²) in [6.07, 6.45) is 5.59. The number of hydrogen-bond donors (Lipinski definition) is 0. The van der Waals surface area contributed by atoms with Gasteiger partial charge in [0.25, 0.3) is 0 Å². The number of rotatable bonds is 4. The van der Waals surface area contributed by atoms with Gasteiger partial charge in [-0.3, -0.25) is 4.98 Å². The van der Waals surface area contributed by atoms with Crippen molar-refractivity contribution >= 4 is 21.8 Å². The first-order valence-corrected chi connectivity index (χ1v) is 10.1. The van der Waals surface area contributed by atoms with Crippen molar-refractivity contribution in [2.75, 3.05) is 18.8 Å². The maximum Gasteiger partial charge on any atom is 0.244 e. The number of hydrogen-bond acceptors (Lipinski definition) is 6. The van der Waals surface area contributed by atoms with E-state index in [0.717, 1.165) is 12.2 Å². The molecule has 24 heavy (non-hydrogen) atoms. The predicted molar refractivity (Wildman–Crippen MR) is 91.5 cm³/mol. The van der Waals surface area contributed by atoms with Gasteiger partial charge in [0.1, 0.15) is 11.0 Å². The third-order valence-corrected chi connectivity index (χ3v) is 7.65. The highest BCUT2D eigenvalue weighted by atomic mass is 32.2. The molecule has 1 spiro atoms. The van der Waals surface area contributed by atoms with Crippen LogP contribution in [0.15, 0.2) is 53.8 Å². The van der Waals surface area contributed by atoms with E-state index < -0.39 is 10.0 Å². The van der Waals surface area contributed by atoms with E-state index in [1.807, 2.05) is 18.2 Å². The molecule has 0 amide bonds. The molecule has 1 unspecified atom stereocenters. The van der Waals surface area contributed by atoms with Crippen molar-refractivity contribution in [3.63, 3.8) is 0 Å². The van der Waals surface area contributed by atoms with Crippen LogP contribution in [0.4, 0.5) is 0 Å². The molecule has 4 heterocycles. The zero-order valence-electron chi connectivity index (χ0n) is 12.9. The monoisotopic (exact) mass is 363 g/mol. The summed E-state index contributed by atoms with van der Waals surface area (Å²) in [7, 11) is -3.44. The molecule has 126 valence electrons. The first kappa shape index (κ1) is 15.9.